The third-order valence-corrected chi connectivity index (χ3v) is 5.13. The number of hydrogen-bond donors (Lipinski definition) is 3. The van der Waals surface area contributed by atoms with E-state index in [9.17, 15) is 9.59 Å². The molecule has 1 fully saturated rings. The quantitative estimate of drug-likeness (QED) is 0.625. The van der Waals surface area contributed by atoms with E-state index in [0.717, 1.165) is 50.4 Å². The van der Waals surface area contributed by atoms with Crippen LogP contribution in [0.3, 0.4) is 0 Å². The van der Waals surface area contributed by atoms with Gasteiger partial charge in [0.15, 0.2) is 0 Å². The van der Waals surface area contributed by atoms with Crippen molar-refractivity contribution in [3.05, 3.63) is 35.4 Å². The summed E-state index contributed by atoms with van der Waals surface area (Å²) in [6.07, 6.45) is 6.47. The van der Waals surface area contributed by atoms with E-state index >= 15 is 0 Å². The molecule has 1 heterocycles. The van der Waals surface area contributed by atoms with Crippen LogP contribution in [0.1, 0.15) is 17.5 Å². The molecule has 0 saturated carbocycles. The molecule has 144 valence electrons. The molecule has 27 heavy (non-hydrogen) atoms. The van der Waals surface area contributed by atoms with Crippen LogP contribution >= 0.6 is 0 Å². The average molecular weight is 370 g/mol. The Labute approximate surface area is 159 Å². The number of urea groups is 1. The predicted molar refractivity (Wildman–Crippen MR) is 102 cm³/mol. The highest BCUT2D eigenvalue weighted by molar-refractivity contribution is 5.93. The molecule has 1 aromatic carbocycles. The van der Waals surface area contributed by atoms with Crippen LogP contribution in [0.5, 0.6) is 0 Å². The van der Waals surface area contributed by atoms with Gasteiger partial charge < -0.3 is 20.7 Å². The van der Waals surface area contributed by atoms with Gasteiger partial charge in [-0.05, 0) is 24.0 Å². The van der Waals surface area contributed by atoms with Gasteiger partial charge in [-0.1, -0.05) is 30.2 Å². The van der Waals surface area contributed by atoms with Crippen molar-refractivity contribution in [2.24, 2.45) is 0 Å². The zero-order valence-electron chi connectivity index (χ0n) is 15.4. The molecule has 7 heteroatoms. The van der Waals surface area contributed by atoms with E-state index in [0.29, 0.717) is 13.0 Å². The van der Waals surface area contributed by atoms with Gasteiger partial charge in [-0.15, -0.1) is 6.42 Å². The Morgan fingerprint density at radius 3 is 2.78 bits per heavy atom. The Kier molecular flexibility index (Phi) is 6.32. The summed E-state index contributed by atoms with van der Waals surface area (Å²) in [5, 5.41) is 8.48. The SMILES string of the molecule is C#CCNC(=O)N[C@]1(C(=O)NCCN2CCOCC2)CCc2ccccc21. The van der Waals surface area contributed by atoms with Gasteiger partial charge in [0.1, 0.15) is 5.54 Å². The van der Waals surface area contributed by atoms with Gasteiger partial charge in [-0.2, -0.15) is 0 Å². The van der Waals surface area contributed by atoms with E-state index in [1.165, 1.54) is 0 Å². The second-order valence-corrected chi connectivity index (χ2v) is 6.78. The number of benzene rings is 1. The lowest BCUT2D eigenvalue weighted by Gasteiger charge is -2.31. The molecule has 3 rings (SSSR count). The van der Waals surface area contributed by atoms with Crippen LogP contribution in [0.4, 0.5) is 4.79 Å². The topological polar surface area (TPSA) is 82.7 Å². The van der Waals surface area contributed by atoms with E-state index in [4.69, 9.17) is 11.2 Å². The molecule has 1 aliphatic heterocycles. The third-order valence-electron chi connectivity index (χ3n) is 5.13. The van der Waals surface area contributed by atoms with Gasteiger partial charge in [0, 0.05) is 26.2 Å². The van der Waals surface area contributed by atoms with Crippen LogP contribution < -0.4 is 16.0 Å². The number of nitrogens with zero attached hydrogens (tertiary/aromatic N) is 1. The number of carbonyl (C=O) groups is 2. The highest BCUT2D eigenvalue weighted by Gasteiger charge is 2.46. The lowest BCUT2D eigenvalue weighted by Crippen LogP contribution is -2.58. The van der Waals surface area contributed by atoms with Crippen LogP contribution in [0.15, 0.2) is 24.3 Å². The Morgan fingerprint density at radius 1 is 1.22 bits per heavy atom. The van der Waals surface area contributed by atoms with Gasteiger partial charge in [-0.25, -0.2) is 4.79 Å². The van der Waals surface area contributed by atoms with E-state index < -0.39 is 11.6 Å². The number of rotatable bonds is 6. The molecule has 0 spiro atoms. The molecule has 2 aliphatic rings. The van der Waals surface area contributed by atoms with E-state index in [-0.39, 0.29) is 12.5 Å². The number of amides is 3. The molecular formula is C20H26N4O3. The van der Waals surface area contributed by atoms with Crippen molar-refractivity contribution in [3.63, 3.8) is 0 Å². The molecule has 1 saturated heterocycles. The summed E-state index contributed by atoms with van der Waals surface area (Å²) in [5.74, 6) is 2.18. The minimum Gasteiger partial charge on any atom is -0.379 e. The largest absolute Gasteiger partial charge is 0.379 e. The van der Waals surface area contributed by atoms with E-state index in [2.05, 4.69) is 26.8 Å². The maximum absolute atomic E-state index is 13.1. The fourth-order valence-electron chi connectivity index (χ4n) is 3.71. The highest BCUT2D eigenvalue weighted by atomic mass is 16.5. The molecule has 1 atom stereocenters. The lowest BCUT2D eigenvalue weighted by molar-refractivity contribution is -0.127. The Hall–Kier alpha value is -2.56. The summed E-state index contributed by atoms with van der Waals surface area (Å²) < 4.78 is 5.34. The number of carbonyl (C=O) groups excluding carboxylic acids is 2. The second kappa shape index (κ2) is 8.89. The summed E-state index contributed by atoms with van der Waals surface area (Å²) in [6.45, 7) is 4.59. The zero-order valence-corrected chi connectivity index (χ0v) is 15.4. The van der Waals surface area contributed by atoms with Gasteiger partial charge in [0.2, 0.25) is 0 Å². The Balaban J connectivity index is 1.69. The molecule has 3 N–H and O–H groups in total. The van der Waals surface area contributed by atoms with Crippen molar-refractivity contribution < 1.29 is 14.3 Å². The van der Waals surface area contributed by atoms with Crippen molar-refractivity contribution in [2.75, 3.05) is 45.9 Å². The van der Waals surface area contributed by atoms with Crippen LogP contribution in [0.25, 0.3) is 0 Å². The third kappa shape index (κ3) is 4.41. The molecule has 1 aromatic rings. The van der Waals surface area contributed by atoms with Gasteiger partial charge in [-0.3, -0.25) is 9.69 Å². The first-order valence-electron chi connectivity index (χ1n) is 9.32. The van der Waals surface area contributed by atoms with Crippen LogP contribution in [-0.2, 0) is 21.5 Å². The van der Waals surface area contributed by atoms with Crippen molar-refractivity contribution in [1.82, 2.24) is 20.9 Å². The van der Waals surface area contributed by atoms with Crippen LogP contribution in [0, 0.1) is 12.3 Å². The number of nitrogens with one attached hydrogen (secondary N) is 3. The summed E-state index contributed by atoms with van der Waals surface area (Å²) in [6, 6.07) is 7.31. The molecule has 3 amide bonds. The zero-order chi connectivity index (χ0) is 19.1. The second-order valence-electron chi connectivity index (χ2n) is 6.78. The smallest absolute Gasteiger partial charge is 0.316 e. The fraction of sp³-hybridized carbons (Fsp3) is 0.500. The molecule has 7 nitrogen and oxygen atoms in total. The summed E-state index contributed by atoms with van der Waals surface area (Å²) in [7, 11) is 0. The van der Waals surface area contributed by atoms with Crippen molar-refractivity contribution >= 4 is 11.9 Å². The maximum Gasteiger partial charge on any atom is 0.316 e. The lowest BCUT2D eigenvalue weighted by atomic mass is 9.90. The minimum atomic E-state index is -1.07. The van der Waals surface area contributed by atoms with E-state index in [1.54, 1.807) is 0 Å². The first-order valence-corrected chi connectivity index (χ1v) is 9.32. The number of hydrogen-bond acceptors (Lipinski definition) is 4. The number of aryl methyl sites for hydroxylation is 1. The maximum atomic E-state index is 13.1. The van der Waals surface area contributed by atoms with Gasteiger partial charge >= 0.3 is 6.03 Å². The molecule has 0 aromatic heterocycles. The van der Waals surface area contributed by atoms with E-state index in [1.807, 2.05) is 24.3 Å². The summed E-state index contributed by atoms with van der Waals surface area (Å²) in [5.41, 5.74) is 0.864. The molecule has 1 aliphatic carbocycles. The number of morpholine rings is 1. The fourth-order valence-corrected chi connectivity index (χ4v) is 3.71. The average Bonchev–Trinajstić information content (AvgIpc) is 3.07. The molecule has 0 radical (unpaired) electrons. The standard InChI is InChI=1S/C20H26N4O3/c1-2-9-22-19(26)23-20(8-7-16-5-3-4-6-17(16)20)18(25)21-10-11-24-12-14-27-15-13-24/h1,3-6H,7-15H2,(H,21,25)(H2,22,23,26)/t20-/m1/s1. The number of ether oxygens (including phenoxy) is 1. The number of terminal acetylenes is 1. The van der Waals surface area contributed by atoms with Gasteiger partial charge in [0.05, 0.1) is 19.8 Å². The van der Waals surface area contributed by atoms with Gasteiger partial charge in [0.25, 0.3) is 5.91 Å². The first kappa shape index (κ1) is 19.2. The Bertz CT molecular complexity index is 724. The monoisotopic (exact) mass is 370 g/mol. The molecular weight excluding hydrogens is 344 g/mol. The minimum absolute atomic E-state index is 0.113. The normalized spacial score (nSPS) is 21.7. The van der Waals surface area contributed by atoms with Crippen LogP contribution in [-0.4, -0.2) is 62.8 Å². The highest BCUT2D eigenvalue weighted by Crippen LogP contribution is 2.37. The van der Waals surface area contributed by atoms with Crippen molar-refractivity contribution in [3.8, 4) is 12.3 Å². The summed E-state index contributed by atoms with van der Waals surface area (Å²) >= 11 is 0. The summed E-state index contributed by atoms with van der Waals surface area (Å²) in [4.78, 5) is 27.7. The van der Waals surface area contributed by atoms with Crippen molar-refractivity contribution in [2.45, 2.75) is 18.4 Å². The predicted octanol–water partition coefficient (Wildman–Crippen LogP) is 0.209. The number of fused-ring (bicyclic) bond motifs is 1. The first-order chi connectivity index (χ1) is 13.2. The molecule has 0 bridgehead atoms. The van der Waals surface area contributed by atoms with Crippen LogP contribution in [0.2, 0.25) is 0 Å². The van der Waals surface area contributed by atoms with Crippen molar-refractivity contribution in [1.29, 1.82) is 0 Å². The Morgan fingerprint density at radius 2 is 2.00 bits per heavy atom. The molecule has 0 unspecified atom stereocenters.